The Balaban J connectivity index is 1.25. The maximum Gasteiger partial charge on any atom is 0.233 e. The molecule has 32 heavy (non-hydrogen) atoms. The smallest absolute Gasteiger partial charge is 0.233 e. The van der Waals surface area contributed by atoms with E-state index in [0.29, 0.717) is 5.75 Å². The molecule has 166 valence electrons. The third-order valence-electron chi connectivity index (χ3n) is 6.49. The van der Waals surface area contributed by atoms with Crippen molar-refractivity contribution < 1.29 is 4.79 Å². The fourth-order valence-corrected chi connectivity index (χ4v) is 6.08. The van der Waals surface area contributed by atoms with Gasteiger partial charge in [-0.2, -0.15) is 0 Å². The summed E-state index contributed by atoms with van der Waals surface area (Å²) >= 11 is 7.99. The summed E-state index contributed by atoms with van der Waals surface area (Å²) < 4.78 is 0. The van der Waals surface area contributed by atoms with Crippen LogP contribution in [0, 0.1) is 0 Å². The fourth-order valence-electron chi connectivity index (χ4n) is 4.74. The Labute approximate surface area is 199 Å². The van der Waals surface area contributed by atoms with Crippen molar-refractivity contribution in [2.45, 2.75) is 37.1 Å². The molecule has 0 saturated carbocycles. The Morgan fingerprint density at radius 3 is 2.59 bits per heavy atom. The minimum absolute atomic E-state index is 0.228. The first-order chi connectivity index (χ1) is 15.7. The van der Waals surface area contributed by atoms with Gasteiger partial charge in [-0.3, -0.25) is 14.7 Å². The zero-order valence-electron chi connectivity index (χ0n) is 18.2. The monoisotopic (exact) mass is 465 g/mol. The van der Waals surface area contributed by atoms with Crippen molar-refractivity contribution in [2.75, 3.05) is 31.9 Å². The van der Waals surface area contributed by atoms with Crippen LogP contribution in [0.3, 0.4) is 0 Å². The number of carbonyl (C=O) groups excluding carboxylic acids is 1. The molecule has 3 aromatic rings. The van der Waals surface area contributed by atoms with Gasteiger partial charge >= 0.3 is 0 Å². The highest BCUT2D eigenvalue weighted by Gasteiger charge is 2.23. The number of halogens is 1. The molecule has 0 unspecified atom stereocenters. The normalized spacial score (nSPS) is 16.8. The lowest BCUT2D eigenvalue weighted by molar-refractivity contribution is -0.130. The van der Waals surface area contributed by atoms with Gasteiger partial charge in [-0.1, -0.05) is 41.9 Å². The van der Waals surface area contributed by atoms with Crippen LogP contribution in [0.1, 0.15) is 29.7 Å². The highest BCUT2D eigenvalue weighted by Crippen LogP contribution is 2.37. The molecule has 5 rings (SSSR count). The molecule has 1 fully saturated rings. The summed E-state index contributed by atoms with van der Waals surface area (Å²) in [5, 5.41) is 1.81. The molecule has 4 nitrogen and oxygen atoms in total. The third kappa shape index (κ3) is 4.80. The highest BCUT2D eigenvalue weighted by atomic mass is 35.5. The largest absolute Gasteiger partial charge is 0.339 e. The number of benzene rings is 2. The van der Waals surface area contributed by atoms with Gasteiger partial charge in [0, 0.05) is 53.7 Å². The Bertz CT molecular complexity index is 1110. The van der Waals surface area contributed by atoms with Gasteiger partial charge in [0.15, 0.2) is 0 Å². The van der Waals surface area contributed by atoms with Gasteiger partial charge < -0.3 is 4.90 Å². The second kappa shape index (κ2) is 9.82. The third-order valence-corrected chi connectivity index (χ3v) is 7.87. The predicted molar refractivity (Wildman–Crippen MR) is 132 cm³/mol. The maximum absolute atomic E-state index is 13.1. The van der Waals surface area contributed by atoms with Crippen LogP contribution in [0.4, 0.5) is 0 Å². The molecule has 1 saturated heterocycles. The first-order valence-corrected chi connectivity index (χ1v) is 12.8. The van der Waals surface area contributed by atoms with E-state index >= 15 is 0 Å². The topological polar surface area (TPSA) is 36.4 Å². The minimum atomic E-state index is 0.228. The summed E-state index contributed by atoms with van der Waals surface area (Å²) in [4.78, 5) is 23.6. The van der Waals surface area contributed by atoms with Crippen LogP contribution in [0.2, 0.25) is 5.02 Å². The maximum atomic E-state index is 13.1. The molecule has 1 amide bonds. The number of hydrogen-bond acceptors (Lipinski definition) is 4. The SMILES string of the molecule is O=C(CSc1c2c(nc3ccc(Cl)cc13)CCCC2)N1CCN(Cc2ccccc2)CC1. The van der Waals surface area contributed by atoms with Crippen LogP contribution >= 0.6 is 23.4 Å². The van der Waals surface area contributed by atoms with Gasteiger partial charge in [0.1, 0.15) is 0 Å². The standard InChI is InChI=1S/C26H28ClN3OS/c27-20-10-11-24-22(16-20)26(21-8-4-5-9-23(21)28-24)32-18-25(31)30-14-12-29(13-15-30)17-19-6-2-1-3-7-19/h1-3,6-7,10-11,16H,4-5,8-9,12-15,17-18H2. The molecule has 2 heterocycles. The number of amides is 1. The van der Waals surface area contributed by atoms with E-state index in [1.807, 2.05) is 23.1 Å². The van der Waals surface area contributed by atoms with Gasteiger partial charge in [0.05, 0.1) is 11.3 Å². The summed E-state index contributed by atoms with van der Waals surface area (Å²) in [5.41, 5.74) is 4.85. The minimum Gasteiger partial charge on any atom is -0.339 e. The van der Waals surface area contributed by atoms with Crippen molar-refractivity contribution in [3.63, 3.8) is 0 Å². The molecule has 0 spiro atoms. The van der Waals surface area contributed by atoms with Gasteiger partial charge in [-0.05, 0) is 55.0 Å². The van der Waals surface area contributed by atoms with E-state index < -0.39 is 0 Å². The van der Waals surface area contributed by atoms with Crippen LogP contribution in [-0.4, -0.2) is 52.6 Å². The number of piperazine rings is 1. The zero-order chi connectivity index (χ0) is 21.9. The average molecular weight is 466 g/mol. The first kappa shape index (κ1) is 21.7. The van der Waals surface area contributed by atoms with Gasteiger partial charge in [0.2, 0.25) is 5.91 Å². The number of nitrogens with zero attached hydrogens (tertiary/aromatic N) is 3. The van der Waals surface area contributed by atoms with Crippen molar-refractivity contribution in [1.82, 2.24) is 14.8 Å². The number of hydrogen-bond donors (Lipinski definition) is 0. The zero-order valence-corrected chi connectivity index (χ0v) is 19.8. The van der Waals surface area contributed by atoms with Crippen LogP contribution < -0.4 is 0 Å². The van der Waals surface area contributed by atoms with Crippen LogP contribution in [0.5, 0.6) is 0 Å². The molecular weight excluding hydrogens is 438 g/mol. The van der Waals surface area contributed by atoms with E-state index in [9.17, 15) is 4.79 Å². The quantitative estimate of drug-likeness (QED) is 0.485. The molecule has 2 aliphatic rings. The van der Waals surface area contributed by atoms with E-state index in [-0.39, 0.29) is 5.91 Å². The lowest BCUT2D eigenvalue weighted by atomic mass is 9.94. The number of pyridine rings is 1. The van der Waals surface area contributed by atoms with Crippen molar-refractivity contribution in [2.24, 2.45) is 0 Å². The van der Waals surface area contributed by atoms with Gasteiger partial charge in [0.25, 0.3) is 0 Å². The number of aromatic nitrogens is 1. The first-order valence-electron chi connectivity index (χ1n) is 11.5. The molecule has 2 aromatic carbocycles. The molecule has 0 bridgehead atoms. The van der Waals surface area contributed by atoms with E-state index in [0.717, 1.165) is 61.5 Å². The Kier molecular flexibility index (Phi) is 6.67. The van der Waals surface area contributed by atoms with Gasteiger partial charge in [-0.25, -0.2) is 0 Å². The lowest BCUT2D eigenvalue weighted by Gasteiger charge is -2.34. The second-order valence-electron chi connectivity index (χ2n) is 8.67. The molecule has 1 aromatic heterocycles. The summed E-state index contributed by atoms with van der Waals surface area (Å²) in [6.07, 6.45) is 4.44. The lowest BCUT2D eigenvalue weighted by Crippen LogP contribution is -2.48. The highest BCUT2D eigenvalue weighted by molar-refractivity contribution is 8.00. The molecule has 1 aliphatic carbocycles. The average Bonchev–Trinajstić information content (AvgIpc) is 2.83. The van der Waals surface area contributed by atoms with Crippen LogP contribution in [-0.2, 0) is 24.2 Å². The Morgan fingerprint density at radius 2 is 1.78 bits per heavy atom. The fraction of sp³-hybridized carbons (Fsp3) is 0.385. The van der Waals surface area contributed by atoms with E-state index in [2.05, 4.69) is 35.2 Å². The van der Waals surface area contributed by atoms with Crippen molar-refractivity contribution >= 4 is 40.2 Å². The molecule has 0 atom stereocenters. The molecular formula is C26H28ClN3OS. The van der Waals surface area contributed by atoms with Crippen molar-refractivity contribution in [3.8, 4) is 0 Å². The van der Waals surface area contributed by atoms with Gasteiger partial charge in [-0.15, -0.1) is 11.8 Å². The van der Waals surface area contributed by atoms with E-state index in [1.54, 1.807) is 11.8 Å². The summed E-state index contributed by atoms with van der Waals surface area (Å²) in [5.74, 6) is 0.697. The van der Waals surface area contributed by atoms with E-state index in [1.165, 1.54) is 34.6 Å². The summed E-state index contributed by atoms with van der Waals surface area (Å²) in [6, 6.07) is 16.5. The predicted octanol–water partition coefficient (Wildman–Crippen LogP) is 5.20. The molecule has 0 radical (unpaired) electrons. The Morgan fingerprint density at radius 1 is 1.00 bits per heavy atom. The number of carbonyl (C=O) groups is 1. The van der Waals surface area contributed by atoms with Crippen LogP contribution in [0.15, 0.2) is 53.4 Å². The second-order valence-corrected chi connectivity index (χ2v) is 10.1. The summed E-state index contributed by atoms with van der Waals surface area (Å²) in [7, 11) is 0. The molecule has 0 N–H and O–H groups in total. The molecule has 1 aliphatic heterocycles. The van der Waals surface area contributed by atoms with Crippen molar-refractivity contribution in [1.29, 1.82) is 0 Å². The summed E-state index contributed by atoms with van der Waals surface area (Å²) in [6.45, 7) is 4.40. The number of aryl methyl sites for hydroxylation is 1. The van der Waals surface area contributed by atoms with Crippen LogP contribution in [0.25, 0.3) is 10.9 Å². The van der Waals surface area contributed by atoms with E-state index in [4.69, 9.17) is 16.6 Å². The number of fused-ring (bicyclic) bond motifs is 2. The molecule has 6 heteroatoms. The number of rotatable bonds is 5. The van der Waals surface area contributed by atoms with Crippen molar-refractivity contribution in [3.05, 3.63) is 70.4 Å². The number of thioether (sulfide) groups is 1. The Hall–Kier alpha value is -2.08.